The average molecular weight is 401 g/mol. The number of rotatable bonds is 6. The van der Waals surface area contributed by atoms with Crippen molar-refractivity contribution in [2.45, 2.75) is 38.7 Å². The van der Waals surface area contributed by atoms with Crippen LogP contribution in [0.4, 0.5) is 5.69 Å². The average Bonchev–Trinajstić information content (AvgIpc) is 3.24. The number of piperazine rings is 1. The van der Waals surface area contributed by atoms with E-state index in [1.165, 1.54) is 17.5 Å². The second-order valence-corrected chi connectivity index (χ2v) is 8.62. The van der Waals surface area contributed by atoms with Gasteiger partial charge >= 0.3 is 5.56 Å². The van der Waals surface area contributed by atoms with Gasteiger partial charge in [-0.3, -0.25) is 4.79 Å². The third-order valence-electron chi connectivity index (χ3n) is 5.39. The van der Waals surface area contributed by atoms with E-state index in [1.54, 1.807) is 6.20 Å². The Bertz CT molecular complexity index is 828. The van der Waals surface area contributed by atoms with E-state index in [0.717, 1.165) is 56.1 Å². The highest BCUT2D eigenvalue weighted by atomic mass is 32.2. The van der Waals surface area contributed by atoms with E-state index < -0.39 is 0 Å². The molecule has 2 heterocycles. The van der Waals surface area contributed by atoms with Crippen LogP contribution in [0.2, 0.25) is 0 Å². The highest BCUT2D eigenvalue weighted by Crippen LogP contribution is 2.30. The first-order chi connectivity index (χ1) is 13.8. The van der Waals surface area contributed by atoms with Gasteiger partial charge in [-0.2, -0.15) is 9.78 Å². The molecule has 4 rings (SSSR count). The molecule has 0 N–H and O–H groups in total. The van der Waals surface area contributed by atoms with Gasteiger partial charge < -0.3 is 9.64 Å². The molecule has 0 atom stereocenters. The van der Waals surface area contributed by atoms with E-state index in [1.807, 2.05) is 42.3 Å². The molecule has 150 valence electrons. The molecule has 0 radical (unpaired) electrons. The summed E-state index contributed by atoms with van der Waals surface area (Å²) in [5, 5.41) is 4.48. The van der Waals surface area contributed by atoms with E-state index in [-0.39, 0.29) is 11.7 Å². The number of aromatic nitrogens is 2. The van der Waals surface area contributed by atoms with Crippen molar-refractivity contribution in [2.24, 2.45) is 0 Å². The zero-order valence-electron chi connectivity index (χ0n) is 16.4. The van der Waals surface area contributed by atoms with Crippen LogP contribution in [0, 0.1) is 0 Å². The van der Waals surface area contributed by atoms with Crippen molar-refractivity contribution in [3.05, 3.63) is 46.9 Å². The third kappa shape index (κ3) is 4.20. The van der Waals surface area contributed by atoms with Crippen LogP contribution in [0.1, 0.15) is 32.6 Å². The standard InChI is InChI=1S/C21H28N4O2S/c1-2-28-24-14-12-23(13-15-24)19-16-22-25(17-8-4-3-5-9-17)21(26)20(19)27-18-10-6-7-11-18/h3-5,8-9,16,18H,2,6-7,10-15H2,1H3. The molecule has 1 aromatic carbocycles. The molecule has 0 spiro atoms. The molecule has 2 aliphatic rings. The van der Waals surface area contributed by atoms with Crippen molar-refractivity contribution < 1.29 is 4.74 Å². The Kier molecular flexibility index (Phi) is 6.22. The van der Waals surface area contributed by atoms with E-state index >= 15 is 0 Å². The van der Waals surface area contributed by atoms with Crippen molar-refractivity contribution in [1.82, 2.24) is 14.1 Å². The number of ether oxygens (including phenoxy) is 1. The van der Waals surface area contributed by atoms with E-state index in [9.17, 15) is 4.79 Å². The zero-order chi connectivity index (χ0) is 19.3. The van der Waals surface area contributed by atoms with Gasteiger partial charge in [0.1, 0.15) is 5.69 Å². The van der Waals surface area contributed by atoms with Crippen LogP contribution in [0.15, 0.2) is 41.3 Å². The van der Waals surface area contributed by atoms with Gasteiger partial charge in [-0.1, -0.05) is 37.1 Å². The lowest BCUT2D eigenvalue weighted by atomic mass is 10.2. The highest BCUT2D eigenvalue weighted by molar-refractivity contribution is 7.96. The molecule has 2 fully saturated rings. The second kappa shape index (κ2) is 9.01. The van der Waals surface area contributed by atoms with Crippen LogP contribution in [-0.4, -0.2) is 52.1 Å². The fraction of sp³-hybridized carbons (Fsp3) is 0.524. The Hall–Kier alpha value is -1.99. The maximum absolute atomic E-state index is 13.3. The molecular weight excluding hydrogens is 372 g/mol. The Balaban J connectivity index is 1.65. The summed E-state index contributed by atoms with van der Waals surface area (Å²) in [5.74, 6) is 1.55. The minimum Gasteiger partial charge on any atom is -0.483 e. The van der Waals surface area contributed by atoms with Crippen LogP contribution in [0.25, 0.3) is 5.69 Å². The Morgan fingerprint density at radius 3 is 2.50 bits per heavy atom. The normalized spacial score (nSPS) is 18.5. The molecular formula is C21H28N4O2S. The van der Waals surface area contributed by atoms with Gasteiger partial charge in [0.05, 0.1) is 18.0 Å². The van der Waals surface area contributed by atoms with Gasteiger partial charge in [-0.05, 0) is 37.8 Å². The maximum atomic E-state index is 13.3. The van der Waals surface area contributed by atoms with Crippen LogP contribution < -0.4 is 15.2 Å². The summed E-state index contributed by atoms with van der Waals surface area (Å²) in [6.45, 7) is 5.89. The van der Waals surface area contributed by atoms with Crippen LogP contribution in [0.3, 0.4) is 0 Å². The Morgan fingerprint density at radius 1 is 1.11 bits per heavy atom. The molecule has 0 unspecified atom stereocenters. The molecule has 7 heteroatoms. The van der Waals surface area contributed by atoms with Crippen molar-refractivity contribution in [3.63, 3.8) is 0 Å². The van der Waals surface area contributed by atoms with Crippen molar-refractivity contribution in [3.8, 4) is 11.4 Å². The van der Waals surface area contributed by atoms with Gasteiger partial charge in [-0.25, -0.2) is 4.31 Å². The first-order valence-corrected chi connectivity index (χ1v) is 11.2. The van der Waals surface area contributed by atoms with Gasteiger partial charge in [0.15, 0.2) is 0 Å². The molecule has 1 saturated carbocycles. The molecule has 28 heavy (non-hydrogen) atoms. The highest BCUT2D eigenvalue weighted by Gasteiger charge is 2.26. The second-order valence-electron chi connectivity index (χ2n) is 7.27. The minimum atomic E-state index is -0.166. The number of nitrogens with zero attached hydrogens (tertiary/aromatic N) is 4. The largest absolute Gasteiger partial charge is 0.483 e. The maximum Gasteiger partial charge on any atom is 0.316 e. The molecule has 1 aliphatic carbocycles. The summed E-state index contributed by atoms with van der Waals surface area (Å²) in [7, 11) is 0. The molecule has 1 aromatic heterocycles. The molecule has 0 amide bonds. The van der Waals surface area contributed by atoms with E-state index in [0.29, 0.717) is 5.75 Å². The van der Waals surface area contributed by atoms with Crippen LogP contribution in [0.5, 0.6) is 5.75 Å². The molecule has 6 nitrogen and oxygen atoms in total. The van der Waals surface area contributed by atoms with E-state index in [4.69, 9.17) is 4.74 Å². The fourth-order valence-corrected chi connectivity index (χ4v) is 4.72. The Labute approximate surface area is 170 Å². The summed E-state index contributed by atoms with van der Waals surface area (Å²) in [5.41, 5.74) is 1.44. The lowest BCUT2D eigenvalue weighted by Crippen LogP contribution is -2.44. The van der Waals surface area contributed by atoms with Gasteiger partial charge in [0.2, 0.25) is 5.75 Å². The Morgan fingerprint density at radius 2 is 1.82 bits per heavy atom. The number of benzene rings is 1. The molecule has 0 bridgehead atoms. The first kappa shape index (κ1) is 19.3. The summed E-state index contributed by atoms with van der Waals surface area (Å²) in [4.78, 5) is 15.6. The lowest BCUT2D eigenvalue weighted by molar-refractivity contribution is 0.205. The topological polar surface area (TPSA) is 50.6 Å². The number of anilines is 1. The monoisotopic (exact) mass is 400 g/mol. The molecule has 1 saturated heterocycles. The first-order valence-electron chi connectivity index (χ1n) is 10.2. The molecule has 1 aliphatic heterocycles. The summed E-state index contributed by atoms with van der Waals surface area (Å²) in [6, 6.07) is 9.56. The number of hydrogen-bond donors (Lipinski definition) is 0. The number of hydrogen-bond acceptors (Lipinski definition) is 6. The molecule has 2 aromatic rings. The van der Waals surface area contributed by atoms with Crippen molar-refractivity contribution in [1.29, 1.82) is 0 Å². The van der Waals surface area contributed by atoms with Crippen LogP contribution >= 0.6 is 11.9 Å². The van der Waals surface area contributed by atoms with E-state index in [2.05, 4.69) is 21.2 Å². The summed E-state index contributed by atoms with van der Waals surface area (Å²) < 4.78 is 10.1. The zero-order valence-corrected chi connectivity index (χ0v) is 17.2. The summed E-state index contributed by atoms with van der Waals surface area (Å²) in [6.07, 6.45) is 6.33. The third-order valence-corrected chi connectivity index (χ3v) is 6.38. The van der Waals surface area contributed by atoms with Gasteiger partial charge in [0, 0.05) is 31.9 Å². The fourth-order valence-electron chi connectivity index (χ4n) is 3.93. The van der Waals surface area contributed by atoms with Gasteiger partial charge in [0.25, 0.3) is 0 Å². The number of para-hydroxylation sites is 1. The quantitative estimate of drug-likeness (QED) is 0.693. The smallest absolute Gasteiger partial charge is 0.316 e. The predicted molar refractivity (Wildman–Crippen MR) is 115 cm³/mol. The van der Waals surface area contributed by atoms with Gasteiger partial charge in [-0.15, -0.1) is 0 Å². The SMILES string of the molecule is CCSN1CCN(c2cnn(-c3ccccc3)c(=O)c2OC2CCCC2)CC1. The van der Waals surface area contributed by atoms with Crippen molar-refractivity contribution in [2.75, 3.05) is 36.8 Å². The predicted octanol–water partition coefficient (Wildman–Crippen LogP) is 3.34. The van der Waals surface area contributed by atoms with Crippen molar-refractivity contribution >= 4 is 17.6 Å². The summed E-state index contributed by atoms with van der Waals surface area (Å²) >= 11 is 1.88. The minimum absolute atomic E-state index is 0.134. The van der Waals surface area contributed by atoms with Crippen LogP contribution in [-0.2, 0) is 0 Å². The lowest BCUT2D eigenvalue weighted by Gasteiger charge is -2.35.